The molecule has 0 spiro atoms. The molecule has 0 unspecified atom stereocenters. The molecule has 0 rings (SSSR count). The van der Waals surface area contributed by atoms with Gasteiger partial charge in [0.2, 0.25) is 0 Å². The first kappa shape index (κ1) is 37.7. The van der Waals surface area contributed by atoms with E-state index < -0.39 is 0 Å². The molecule has 5 heteroatoms. The van der Waals surface area contributed by atoms with Crippen LogP contribution in [-0.2, 0) is 0 Å². The molecule has 0 aliphatic carbocycles. The highest BCUT2D eigenvalue weighted by molar-refractivity contribution is 6.08. The highest BCUT2D eigenvalue weighted by Crippen LogP contribution is 2.09. The van der Waals surface area contributed by atoms with Crippen LogP contribution in [0.25, 0.3) is 0 Å². The first-order chi connectivity index (χ1) is 10.8. The van der Waals surface area contributed by atoms with Gasteiger partial charge in [-0.05, 0) is 0 Å². The Labute approximate surface area is 195 Å². The van der Waals surface area contributed by atoms with Crippen LogP contribution in [0.4, 0.5) is 0 Å². The van der Waals surface area contributed by atoms with Gasteiger partial charge in [0.15, 0.2) is 0 Å². The van der Waals surface area contributed by atoms with Crippen molar-refractivity contribution in [3.63, 3.8) is 0 Å². The van der Waals surface area contributed by atoms with Gasteiger partial charge in [-0.25, -0.2) is 0 Å². The summed E-state index contributed by atoms with van der Waals surface area (Å²) in [7, 11) is 0. The van der Waals surface area contributed by atoms with Gasteiger partial charge in [0.1, 0.15) is 32.6 Å². The summed E-state index contributed by atoms with van der Waals surface area (Å²) in [6.45, 7) is 4.54. The van der Waals surface area contributed by atoms with Gasteiger partial charge >= 0.3 is 0 Å². The number of hydrogen-bond donors (Lipinski definition) is 0. The summed E-state index contributed by atoms with van der Waals surface area (Å²) >= 11 is 5.59. The largest absolute Gasteiger partial charge is 0.147 e. The Kier molecular flexibility index (Phi) is 61.1. The van der Waals surface area contributed by atoms with Gasteiger partial charge in [0.25, 0.3) is 0 Å². The van der Waals surface area contributed by atoms with Crippen LogP contribution in [0.1, 0.15) is 117 Å². The van der Waals surface area contributed by atoms with Crippen molar-refractivity contribution < 1.29 is 0 Å². The molecule has 0 aromatic rings. The first-order valence-electron chi connectivity index (χ1n) is 10.2. The molecule has 0 fully saturated rings. The van der Waals surface area contributed by atoms with Crippen molar-refractivity contribution in [3.05, 3.63) is 0 Å². The lowest BCUT2D eigenvalue weighted by atomic mass is 10.1. The van der Waals surface area contributed by atoms with E-state index in [2.05, 4.69) is 46.4 Å². The Morgan fingerprint density at radius 1 is 0.360 bits per heavy atom. The highest BCUT2D eigenvalue weighted by atomic mass is 35.5. The topological polar surface area (TPSA) is 0 Å². The van der Waals surface area contributed by atoms with Gasteiger partial charge in [-0.1, -0.05) is 117 Å². The van der Waals surface area contributed by atoms with E-state index in [0.717, 1.165) is 0 Å². The van der Waals surface area contributed by atoms with E-state index in [0.29, 0.717) is 0 Å². The minimum atomic E-state index is 0. The van der Waals surface area contributed by atoms with E-state index in [1.165, 1.54) is 113 Å². The second kappa shape index (κ2) is 40.6. The standard InChI is InChI=1S/2C10H21.2Al.3ClH/c2*1-3-5-7-9-10-8-6-4-2;;;;;/h2*1,3-10H2,2H3;;;3*1H. The zero-order valence-corrected chi connectivity index (χ0v) is 21.9. The lowest BCUT2D eigenvalue weighted by Gasteiger charge is -1.99. The van der Waals surface area contributed by atoms with E-state index in [4.69, 9.17) is 0 Å². The fourth-order valence-electron chi connectivity index (χ4n) is 2.56. The molecule has 0 N–H and O–H groups in total. The molecule has 0 aromatic heterocycles. The van der Waals surface area contributed by atoms with E-state index >= 15 is 0 Å². The van der Waals surface area contributed by atoms with Crippen LogP contribution < -0.4 is 0 Å². The van der Waals surface area contributed by atoms with Crippen molar-refractivity contribution in [3.8, 4) is 0 Å². The molecular formula is C20H45Al2Cl3. The maximum Gasteiger partial charge on any atom is 0.118 e. The lowest BCUT2D eigenvalue weighted by Crippen LogP contribution is -1.79. The van der Waals surface area contributed by atoms with Gasteiger partial charge in [-0.2, -0.15) is 0 Å². The Morgan fingerprint density at radius 3 is 0.760 bits per heavy atom. The van der Waals surface area contributed by atoms with E-state index in [9.17, 15) is 0 Å². The smallest absolute Gasteiger partial charge is 0.118 e. The van der Waals surface area contributed by atoms with Crippen molar-refractivity contribution in [2.24, 2.45) is 0 Å². The third kappa shape index (κ3) is 46.2. The maximum atomic E-state index is 2.79. The highest BCUT2D eigenvalue weighted by Gasteiger charge is 1.89. The first-order valence-corrected chi connectivity index (χ1v) is 11.9. The molecule has 0 atom stereocenters. The molecular weight excluding hydrogens is 401 g/mol. The predicted molar refractivity (Wildman–Crippen MR) is 128 cm³/mol. The molecule has 0 nitrogen and oxygen atoms in total. The lowest BCUT2D eigenvalue weighted by molar-refractivity contribution is 0.585. The average molecular weight is 446 g/mol. The third-order valence-corrected chi connectivity index (χ3v) is 4.93. The Hall–Kier alpha value is 1.93. The predicted octanol–water partition coefficient (Wildman–Crippen LogP) is 8.69. The van der Waals surface area contributed by atoms with Crippen LogP contribution in [0, 0.1) is 0 Å². The van der Waals surface area contributed by atoms with E-state index in [-0.39, 0.29) is 37.2 Å². The van der Waals surface area contributed by atoms with Gasteiger partial charge in [-0.3, -0.25) is 0 Å². The molecule has 0 heterocycles. The fourth-order valence-corrected chi connectivity index (χ4v) is 3.13. The summed E-state index contributed by atoms with van der Waals surface area (Å²) in [5.41, 5.74) is 0. The molecule has 0 saturated heterocycles. The van der Waals surface area contributed by atoms with Crippen LogP contribution in [0.15, 0.2) is 0 Å². The fraction of sp³-hybridized carbons (Fsp3) is 1.00. The summed E-state index contributed by atoms with van der Waals surface area (Å²) in [5.74, 6) is 0. The van der Waals surface area contributed by atoms with Crippen molar-refractivity contribution in [1.82, 2.24) is 0 Å². The molecule has 25 heavy (non-hydrogen) atoms. The Morgan fingerprint density at radius 2 is 0.560 bits per heavy atom. The SMILES string of the molecule is CCCCCCCCC[CH2][Al].CCCCCCCCC[CH2][Al].Cl.Cl.Cl. The second-order valence-electron chi connectivity index (χ2n) is 6.53. The number of unbranched alkanes of at least 4 members (excludes halogenated alkanes) is 14. The Bertz CT molecular complexity index is 139. The van der Waals surface area contributed by atoms with E-state index in [1.807, 2.05) is 0 Å². The van der Waals surface area contributed by atoms with Crippen molar-refractivity contribution in [1.29, 1.82) is 0 Å². The molecule has 152 valence electrons. The van der Waals surface area contributed by atoms with Crippen molar-refractivity contribution >= 4 is 69.8 Å². The summed E-state index contributed by atoms with van der Waals surface area (Å²) < 4.78 is 0. The molecule has 4 radical (unpaired) electrons. The van der Waals surface area contributed by atoms with Crippen molar-refractivity contribution in [2.75, 3.05) is 0 Å². The minimum Gasteiger partial charge on any atom is -0.147 e. The van der Waals surface area contributed by atoms with Crippen LogP contribution in [0.5, 0.6) is 0 Å². The number of rotatable bonds is 16. The molecule has 0 aliphatic rings. The minimum absolute atomic E-state index is 0. The van der Waals surface area contributed by atoms with Gasteiger partial charge in [0, 0.05) is 0 Å². The van der Waals surface area contributed by atoms with Crippen LogP contribution in [0.3, 0.4) is 0 Å². The molecule has 0 aliphatic heterocycles. The van der Waals surface area contributed by atoms with Crippen LogP contribution in [0.2, 0.25) is 10.6 Å². The zero-order valence-electron chi connectivity index (χ0n) is 17.1. The summed E-state index contributed by atoms with van der Waals surface area (Å²) in [5, 5.41) is 2.57. The molecule has 0 saturated carbocycles. The van der Waals surface area contributed by atoms with Gasteiger partial charge in [-0.15, -0.1) is 47.8 Å². The maximum absolute atomic E-state index is 2.79. The summed E-state index contributed by atoms with van der Waals surface area (Å²) in [6.07, 6.45) is 23.0. The molecule has 0 amide bonds. The molecule has 0 aromatic carbocycles. The number of hydrogen-bond acceptors (Lipinski definition) is 0. The van der Waals surface area contributed by atoms with Crippen LogP contribution >= 0.6 is 37.2 Å². The quantitative estimate of drug-likeness (QED) is 0.164. The van der Waals surface area contributed by atoms with Crippen molar-refractivity contribution in [2.45, 2.75) is 127 Å². The monoisotopic (exact) mass is 444 g/mol. The van der Waals surface area contributed by atoms with Gasteiger partial charge in [0.05, 0.1) is 0 Å². The van der Waals surface area contributed by atoms with Crippen LogP contribution in [-0.4, -0.2) is 32.6 Å². The summed E-state index contributed by atoms with van der Waals surface area (Å²) in [4.78, 5) is 0. The number of halogens is 3. The zero-order chi connectivity index (χ0) is 16.7. The Balaban J connectivity index is -0.0000000952. The van der Waals surface area contributed by atoms with Gasteiger partial charge < -0.3 is 0 Å². The third-order valence-electron chi connectivity index (χ3n) is 4.12. The molecule has 0 bridgehead atoms. The summed E-state index contributed by atoms with van der Waals surface area (Å²) in [6, 6.07) is 0. The normalized spacial score (nSPS) is 9.04. The average Bonchev–Trinajstić information content (AvgIpc) is 2.54. The van der Waals surface area contributed by atoms with E-state index in [1.54, 1.807) is 0 Å². The second-order valence-corrected chi connectivity index (χ2v) is 7.68.